The smallest absolute Gasteiger partial charge is 0.157 e. The lowest BCUT2D eigenvalue weighted by molar-refractivity contribution is -0.0791. The third-order valence-electron chi connectivity index (χ3n) is 3.57. The van der Waals surface area contributed by atoms with Crippen LogP contribution in [-0.2, 0) is 4.74 Å². The summed E-state index contributed by atoms with van der Waals surface area (Å²) in [4.78, 5) is 6.57. The molecule has 1 atom stereocenters. The van der Waals surface area contributed by atoms with Crippen molar-refractivity contribution < 1.29 is 4.74 Å². The molecule has 0 spiro atoms. The van der Waals surface area contributed by atoms with E-state index in [2.05, 4.69) is 41.8 Å². The molecule has 1 fully saturated rings. The van der Waals surface area contributed by atoms with Gasteiger partial charge in [0.1, 0.15) is 12.1 Å². The van der Waals surface area contributed by atoms with E-state index in [0.717, 1.165) is 24.6 Å². The fraction of sp³-hybridized carbons (Fsp3) is 0.571. The number of nitrogens with zero attached hydrogens (tertiary/aromatic N) is 4. The predicted molar refractivity (Wildman–Crippen MR) is 77.9 cm³/mol. The molecule has 1 aliphatic rings. The molecule has 0 saturated carbocycles. The number of nitrogens with two attached hydrogens (primary N) is 1. The van der Waals surface area contributed by atoms with Gasteiger partial charge in [-0.05, 0) is 38.5 Å². The minimum Gasteiger partial charge on any atom is -0.367 e. The molecule has 6 nitrogen and oxygen atoms in total. The van der Waals surface area contributed by atoms with Gasteiger partial charge in [-0.25, -0.2) is 4.98 Å². The van der Waals surface area contributed by atoms with E-state index in [0.29, 0.717) is 6.54 Å². The molecule has 0 amide bonds. The van der Waals surface area contributed by atoms with Crippen LogP contribution < -0.4 is 10.6 Å². The van der Waals surface area contributed by atoms with Gasteiger partial charge >= 0.3 is 0 Å². The minimum absolute atomic E-state index is 0.0397. The fourth-order valence-corrected chi connectivity index (χ4v) is 2.85. The molecule has 0 bridgehead atoms. The first kappa shape index (κ1) is 13.3. The van der Waals surface area contributed by atoms with Crippen LogP contribution in [-0.4, -0.2) is 45.9 Å². The number of rotatable bonds is 2. The van der Waals surface area contributed by atoms with E-state index in [4.69, 9.17) is 10.5 Å². The minimum atomic E-state index is -0.223. The first-order valence-electron chi connectivity index (χ1n) is 6.92. The quantitative estimate of drug-likeness (QED) is 0.885. The Balaban J connectivity index is 2.03. The SMILES string of the molecule is Cc1cc(N2CC(CN)OC(C)(C)C2)n2ncnc2c1. The lowest BCUT2D eigenvalue weighted by Gasteiger charge is -2.43. The van der Waals surface area contributed by atoms with Gasteiger partial charge in [-0.15, -0.1) is 0 Å². The van der Waals surface area contributed by atoms with Crippen LogP contribution in [0.1, 0.15) is 19.4 Å². The van der Waals surface area contributed by atoms with Crippen LogP contribution in [0.3, 0.4) is 0 Å². The van der Waals surface area contributed by atoms with Crippen LogP contribution in [0, 0.1) is 6.92 Å². The molecule has 108 valence electrons. The van der Waals surface area contributed by atoms with Gasteiger partial charge in [0, 0.05) is 19.6 Å². The number of hydrogen-bond donors (Lipinski definition) is 1. The molecule has 0 aliphatic carbocycles. The van der Waals surface area contributed by atoms with E-state index in [1.807, 2.05) is 10.6 Å². The maximum absolute atomic E-state index is 5.99. The Labute approximate surface area is 118 Å². The zero-order chi connectivity index (χ0) is 14.3. The molecule has 0 aromatic carbocycles. The largest absolute Gasteiger partial charge is 0.367 e. The van der Waals surface area contributed by atoms with Crippen molar-refractivity contribution >= 4 is 11.5 Å². The monoisotopic (exact) mass is 275 g/mol. The van der Waals surface area contributed by atoms with E-state index in [-0.39, 0.29) is 11.7 Å². The van der Waals surface area contributed by atoms with Crippen molar-refractivity contribution in [3.8, 4) is 0 Å². The van der Waals surface area contributed by atoms with Gasteiger partial charge in [-0.3, -0.25) is 0 Å². The molecule has 1 saturated heterocycles. The highest BCUT2D eigenvalue weighted by atomic mass is 16.5. The second kappa shape index (κ2) is 4.71. The van der Waals surface area contributed by atoms with Gasteiger partial charge in [0.25, 0.3) is 0 Å². The Morgan fingerprint density at radius 3 is 3.00 bits per heavy atom. The highest BCUT2D eigenvalue weighted by Crippen LogP contribution is 2.26. The lowest BCUT2D eigenvalue weighted by Crippen LogP contribution is -2.55. The second-order valence-corrected chi connectivity index (χ2v) is 6.04. The molecular weight excluding hydrogens is 254 g/mol. The highest BCUT2D eigenvalue weighted by molar-refractivity contribution is 5.53. The molecule has 3 heterocycles. The van der Waals surface area contributed by atoms with Gasteiger partial charge < -0.3 is 15.4 Å². The molecule has 6 heteroatoms. The Hall–Kier alpha value is -1.66. The van der Waals surface area contributed by atoms with Crippen LogP contribution in [0.4, 0.5) is 5.82 Å². The number of morpholine rings is 1. The van der Waals surface area contributed by atoms with E-state index >= 15 is 0 Å². The van der Waals surface area contributed by atoms with Gasteiger partial charge in [0.05, 0.1) is 11.7 Å². The van der Waals surface area contributed by atoms with Crippen molar-refractivity contribution in [3.63, 3.8) is 0 Å². The Kier molecular flexibility index (Phi) is 3.14. The third-order valence-corrected chi connectivity index (χ3v) is 3.57. The van der Waals surface area contributed by atoms with Crippen LogP contribution in [0.5, 0.6) is 0 Å². The van der Waals surface area contributed by atoms with Gasteiger partial charge in [-0.1, -0.05) is 0 Å². The fourth-order valence-electron chi connectivity index (χ4n) is 2.85. The summed E-state index contributed by atoms with van der Waals surface area (Å²) in [5.41, 5.74) is 7.62. The molecule has 20 heavy (non-hydrogen) atoms. The number of aromatic nitrogens is 3. The standard InChI is InChI=1S/C14H21N5O/c1-10-4-12-16-9-17-19(12)13(5-10)18-7-11(6-15)20-14(2,3)8-18/h4-5,9,11H,6-8,15H2,1-3H3. The summed E-state index contributed by atoms with van der Waals surface area (Å²) in [5.74, 6) is 1.05. The number of anilines is 1. The number of fused-ring (bicyclic) bond motifs is 1. The first-order chi connectivity index (χ1) is 9.48. The van der Waals surface area contributed by atoms with Crippen LogP contribution in [0.25, 0.3) is 5.65 Å². The number of ether oxygens (including phenoxy) is 1. The van der Waals surface area contributed by atoms with Crippen molar-refractivity contribution in [3.05, 3.63) is 24.0 Å². The normalized spacial score (nSPS) is 22.4. The highest BCUT2D eigenvalue weighted by Gasteiger charge is 2.33. The van der Waals surface area contributed by atoms with E-state index in [9.17, 15) is 0 Å². The van der Waals surface area contributed by atoms with Gasteiger partial charge in [-0.2, -0.15) is 9.61 Å². The molecular formula is C14H21N5O. The number of hydrogen-bond acceptors (Lipinski definition) is 5. The summed E-state index contributed by atoms with van der Waals surface area (Å²) in [5, 5.41) is 4.33. The molecule has 2 aromatic heterocycles. The maximum Gasteiger partial charge on any atom is 0.157 e. The van der Waals surface area contributed by atoms with E-state index < -0.39 is 0 Å². The number of pyridine rings is 1. The Morgan fingerprint density at radius 2 is 2.25 bits per heavy atom. The Morgan fingerprint density at radius 1 is 1.45 bits per heavy atom. The van der Waals surface area contributed by atoms with Crippen molar-refractivity contribution in [2.45, 2.75) is 32.5 Å². The van der Waals surface area contributed by atoms with Crippen LogP contribution in [0.2, 0.25) is 0 Å². The summed E-state index contributed by atoms with van der Waals surface area (Å²) in [6.07, 6.45) is 1.63. The molecule has 2 N–H and O–H groups in total. The van der Waals surface area contributed by atoms with Crippen molar-refractivity contribution in [2.75, 3.05) is 24.5 Å². The van der Waals surface area contributed by atoms with Gasteiger partial charge in [0.2, 0.25) is 0 Å². The zero-order valence-electron chi connectivity index (χ0n) is 12.2. The predicted octanol–water partition coefficient (Wildman–Crippen LogP) is 0.980. The average molecular weight is 275 g/mol. The summed E-state index contributed by atoms with van der Waals surface area (Å²) in [6.45, 7) is 8.36. The zero-order valence-corrected chi connectivity index (χ0v) is 12.2. The summed E-state index contributed by atoms with van der Waals surface area (Å²) < 4.78 is 7.86. The van der Waals surface area contributed by atoms with Crippen molar-refractivity contribution in [1.29, 1.82) is 0 Å². The van der Waals surface area contributed by atoms with E-state index in [1.165, 1.54) is 5.56 Å². The summed E-state index contributed by atoms with van der Waals surface area (Å²) in [6, 6.07) is 4.17. The third kappa shape index (κ3) is 2.36. The molecule has 1 aliphatic heterocycles. The lowest BCUT2D eigenvalue weighted by atomic mass is 10.0. The maximum atomic E-state index is 5.99. The molecule has 1 unspecified atom stereocenters. The first-order valence-corrected chi connectivity index (χ1v) is 6.92. The average Bonchev–Trinajstić information content (AvgIpc) is 2.83. The van der Waals surface area contributed by atoms with Crippen molar-refractivity contribution in [2.24, 2.45) is 5.73 Å². The summed E-state index contributed by atoms with van der Waals surface area (Å²) >= 11 is 0. The molecule has 2 aromatic rings. The van der Waals surface area contributed by atoms with Crippen LogP contribution >= 0.6 is 0 Å². The van der Waals surface area contributed by atoms with Crippen LogP contribution in [0.15, 0.2) is 18.5 Å². The molecule has 3 rings (SSSR count). The molecule has 0 radical (unpaired) electrons. The second-order valence-electron chi connectivity index (χ2n) is 6.04. The van der Waals surface area contributed by atoms with Crippen molar-refractivity contribution in [1.82, 2.24) is 14.6 Å². The summed E-state index contributed by atoms with van der Waals surface area (Å²) in [7, 11) is 0. The number of aryl methyl sites for hydroxylation is 1. The van der Waals surface area contributed by atoms with E-state index in [1.54, 1.807) is 6.33 Å². The Bertz CT molecular complexity index is 621. The topological polar surface area (TPSA) is 68.7 Å². The van der Waals surface area contributed by atoms with Gasteiger partial charge in [0.15, 0.2) is 5.65 Å².